The lowest BCUT2D eigenvalue weighted by molar-refractivity contribution is -0.140. The number of aromatic nitrogens is 3. The minimum Gasteiger partial charge on any atom is -0.493 e. The Morgan fingerprint density at radius 2 is 1.68 bits per heavy atom. The number of benzene rings is 2. The number of hydrogen-bond acceptors (Lipinski definition) is 5. The molecule has 2 aromatic carbocycles. The number of methoxy groups -OCH3 is 2. The number of nitrogens with zero attached hydrogens (tertiary/aromatic N) is 3. The van der Waals surface area contributed by atoms with Crippen molar-refractivity contribution >= 4 is 11.5 Å². The summed E-state index contributed by atoms with van der Waals surface area (Å²) in [5.41, 5.74) is 0.402. The predicted octanol–water partition coefficient (Wildman–Crippen LogP) is 5.53. The maximum atomic E-state index is 13.9. The molecule has 0 saturated carbocycles. The number of hydrogen-bond donors (Lipinski definition) is 1. The van der Waals surface area contributed by atoms with Crippen LogP contribution in [-0.2, 0) is 12.6 Å². The zero-order valence-electron chi connectivity index (χ0n) is 18.7. The third-order valence-corrected chi connectivity index (χ3v) is 5.29. The van der Waals surface area contributed by atoms with Crippen LogP contribution in [0, 0.1) is 12.7 Å². The first-order valence-corrected chi connectivity index (χ1v) is 10.4. The lowest BCUT2D eigenvalue weighted by Gasteiger charge is -2.12. The average Bonchev–Trinajstić information content (AvgIpc) is 3.19. The summed E-state index contributed by atoms with van der Waals surface area (Å²) in [4.78, 5) is 4.31. The van der Waals surface area contributed by atoms with Crippen LogP contribution >= 0.6 is 0 Å². The molecule has 0 spiro atoms. The number of halogens is 4. The van der Waals surface area contributed by atoms with Gasteiger partial charge >= 0.3 is 6.18 Å². The second kappa shape index (κ2) is 9.20. The highest BCUT2D eigenvalue weighted by atomic mass is 19.4. The summed E-state index contributed by atoms with van der Waals surface area (Å²) in [6, 6.07) is 11.9. The number of ether oxygens (including phenoxy) is 2. The summed E-state index contributed by atoms with van der Waals surface area (Å²) in [6.07, 6.45) is -4.15. The van der Waals surface area contributed by atoms with Crippen LogP contribution in [0.1, 0.15) is 17.0 Å². The van der Waals surface area contributed by atoms with Gasteiger partial charge in [0.1, 0.15) is 11.6 Å². The van der Waals surface area contributed by atoms with Gasteiger partial charge in [-0.25, -0.2) is 9.37 Å². The monoisotopic (exact) mass is 474 g/mol. The molecule has 10 heteroatoms. The molecule has 1 N–H and O–H groups in total. The molecule has 0 radical (unpaired) electrons. The third-order valence-electron chi connectivity index (χ3n) is 5.29. The molecule has 0 bridgehead atoms. The van der Waals surface area contributed by atoms with Gasteiger partial charge in [-0.05, 0) is 48.7 Å². The van der Waals surface area contributed by atoms with E-state index in [1.165, 1.54) is 12.1 Å². The highest BCUT2D eigenvalue weighted by Crippen LogP contribution is 2.39. The summed E-state index contributed by atoms with van der Waals surface area (Å²) < 4.78 is 66.7. The molecule has 178 valence electrons. The fourth-order valence-corrected chi connectivity index (χ4v) is 3.72. The third kappa shape index (κ3) is 4.61. The maximum Gasteiger partial charge on any atom is 0.435 e. The number of nitrogens with one attached hydrogen (secondary N) is 1. The number of rotatable bonds is 7. The second-order valence-electron chi connectivity index (χ2n) is 7.61. The smallest absolute Gasteiger partial charge is 0.435 e. The van der Waals surface area contributed by atoms with Crippen LogP contribution in [0.15, 0.2) is 48.5 Å². The summed E-state index contributed by atoms with van der Waals surface area (Å²) in [7, 11) is 3.10. The van der Waals surface area contributed by atoms with E-state index in [4.69, 9.17) is 9.47 Å². The SMILES string of the molecule is COc1ccc(CCNc2cc(C)nc3c(-c4ccc(F)cc4)c(C(F)(F)F)nn23)cc1OC. The predicted molar refractivity (Wildman–Crippen MR) is 120 cm³/mol. The molecular formula is C24H22F4N4O2. The highest BCUT2D eigenvalue weighted by molar-refractivity contribution is 5.81. The van der Waals surface area contributed by atoms with Crippen LogP contribution in [0.4, 0.5) is 23.4 Å². The van der Waals surface area contributed by atoms with E-state index in [9.17, 15) is 17.6 Å². The Labute approximate surface area is 193 Å². The van der Waals surface area contributed by atoms with Crippen molar-refractivity contribution in [2.75, 3.05) is 26.1 Å². The fraction of sp³-hybridized carbons (Fsp3) is 0.250. The zero-order valence-corrected chi connectivity index (χ0v) is 18.7. The van der Waals surface area contributed by atoms with Crippen LogP contribution in [0.25, 0.3) is 16.8 Å². The van der Waals surface area contributed by atoms with Crippen molar-refractivity contribution in [2.24, 2.45) is 0 Å². The molecule has 0 aliphatic heterocycles. The highest BCUT2D eigenvalue weighted by Gasteiger charge is 2.39. The Morgan fingerprint density at radius 1 is 0.971 bits per heavy atom. The van der Waals surface area contributed by atoms with Crippen molar-refractivity contribution in [1.82, 2.24) is 14.6 Å². The molecule has 0 aliphatic rings. The van der Waals surface area contributed by atoms with Gasteiger partial charge in [0, 0.05) is 18.3 Å². The molecule has 0 saturated heterocycles. The van der Waals surface area contributed by atoms with Gasteiger partial charge in [0.25, 0.3) is 0 Å². The molecule has 0 aliphatic carbocycles. The van der Waals surface area contributed by atoms with Crippen molar-refractivity contribution in [3.05, 3.63) is 71.3 Å². The first-order chi connectivity index (χ1) is 16.2. The number of alkyl halides is 3. The van der Waals surface area contributed by atoms with Gasteiger partial charge in [0.2, 0.25) is 0 Å². The van der Waals surface area contributed by atoms with E-state index >= 15 is 0 Å². The summed E-state index contributed by atoms with van der Waals surface area (Å²) in [6.45, 7) is 2.11. The molecule has 2 aromatic heterocycles. The molecule has 4 rings (SSSR count). The molecule has 0 unspecified atom stereocenters. The average molecular weight is 474 g/mol. The molecule has 0 atom stereocenters. The Bertz CT molecular complexity index is 1320. The van der Waals surface area contributed by atoms with Crippen LogP contribution < -0.4 is 14.8 Å². The molecule has 34 heavy (non-hydrogen) atoms. The standard InChI is InChI=1S/C24H22F4N4O2/c1-14-12-20(29-11-10-15-4-9-18(33-2)19(13-15)34-3)32-23(30-14)21(22(31-32)24(26,27)28)16-5-7-17(25)8-6-16/h4-9,12-13,29H,10-11H2,1-3H3. The topological polar surface area (TPSA) is 60.7 Å². The Morgan fingerprint density at radius 3 is 2.32 bits per heavy atom. The van der Waals surface area contributed by atoms with E-state index in [1.54, 1.807) is 33.3 Å². The van der Waals surface area contributed by atoms with Crippen LogP contribution in [0.3, 0.4) is 0 Å². The Kier molecular flexibility index (Phi) is 6.32. The second-order valence-corrected chi connectivity index (χ2v) is 7.61. The van der Waals surface area contributed by atoms with E-state index in [-0.39, 0.29) is 16.8 Å². The molecule has 0 fully saturated rings. The van der Waals surface area contributed by atoms with Crippen molar-refractivity contribution < 1.29 is 27.0 Å². The molecule has 2 heterocycles. The van der Waals surface area contributed by atoms with E-state index in [1.807, 2.05) is 12.1 Å². The molecule has 0 amide bonds. The van der Waals surface area contributed by atoms with E-state index in [0.717, 1.165) is 22.2 Å². The van der Waals surface area contributed by atoms with Crippen LogP contribution in [-0.4, -0.2) is 35.4 Å². The van der Waals surface area contributed by atoms with Crippen molar-refractivity contribution in [3.8, 4) is 22.6 Å². The largest absolute Gasteiger partial charge is 0.493 e. The van der Waals surface area contributed by atoms with Gasteiger partial charge < -0.3 is 14.8 Å². The van der Waals surface area contributed by atoms with Gasteiger partial charge in [-0.15, -0.1) is 0 Å². The Hall–Kier alpha value is -3.82. The summed E-state index contributed by atoms with van der Waals surface area (Å²) in [5, 5.41) is 6.99. The first-order valence-electron chi connectivity index (χ1n) is 10.4. The van der Waals surface area contributed by atoms with Crippen LogP contribution in [0.5, 0.6) is 11.5 Å². The van der Waals surface area contributed by atoms with Crippen LogP contribution in [0.2, 0.25) is 0 Å². The van der Waals surface area contributed by atoms with E-state index in [2.05, 4.69) is 15.4 Å². The number of aryl methyl sites for hydroxylation is 1. The van der Waals surface area contributed by atoms with Crippen molar-refractivity contribution in [3.63, 3.8) is 0 Å². The minimum absolute atomic E-state index is 0.0348. The van der Waals surface area contributed by atoms with Gasteiger partial charge in [-0.3, -0.25) is 0 Å². The molecular weight excluding hydrogens is 452 g/mol. The number of fused-ring (bicyclic) bond motifs is 1. The van der Waals surface area contributed by atoms with Gasteiger partial charge in [-0.1, -0.05) is 18.2 Å². The van der Waals surface area contributed by atoms with Crippen molar-refractivity contribution in [1.29, 1.82) is 0 Å². The van der Waals surface area contributed by atoms with E-state index < -0.39 is 17.7 Å². The normalized spacial score (nSPS) is 11.6. The zero-order chi connectivity index (χ0) is 24.5. The van der Waals surface area contributed by atoms with Gasteiger partial charge in [-0.2, -0.15) is 22.8 Å². The molecule has 6 nitrogen and oxygen atoms in total. The fourth-order valence-electron chi connectivity index (χ4n) is 3.72. The minimum atomic E-state index is -4.72. The summed E-state index contributed by atoms with van der Waals surface area (Å²) >= 11 is 0. The Balaban J connectivity index is 1.69. The quantitative estimate of drug-likeness (QED) is 0.357. The van der Waals surface area contributed by atoms with E-state index in [0.29, 0.717) is 36.0 Å². The lowest BCUT2D eigenvalue weighted by atomic mass is 10.1. The van der Waals surface area contributed by atoms with Gasteiger partial charge in [0.05, 0.1) is 19.8 Å². The lowest BCUT2D eigenvalue weighted by Crippen LogP contribution is -2.11. The number of anilines is 1. The van der Waals surface area contributed by atoms with Gasteiger partial charge in [0.15, 0.2) is 22.8 Å². The molecule has 4 aromatic rings. The van der Waals surface area contributed by atoms with Crippen molar-refractivity contribution in [2.45, 2.75) is 19.5 Å². The first kappa shape index (κ1) is 23.3. The summed E-state index contributed by atoms with van der Waals surface area (Å²) in [5.74, 6) is 1.01. The maximum absolute atomic E-state index is 13.9.